The van der Waals surface area contributed by atoms with E-state index in [0.29, 0.717) is 21.5 Å². The number of benzene rings is 2. The average molecular weight is 361 g/mol. The molecule has 0 aliphatic carbocycles. The molecule has 122 valence electrons. The van der Waals surface area contributed by atoms with Crippen LogP contribution in [0, 0.1) is 13.8 Å². The SMILES string of the molecule is Cc1cccc(C)c1NC(=O)c1coc(-c2ccc(Cl)c(Cl)c2)n1. The number of nitrogens with one attached hydrogen (secondary N) is 1. The van der Waals surface area contributed by atoms with Crippen LogP contribution in [0.2, 0.25) is 10.0 Å². The number of rotatable bonds is 3. The Hall–Kier alpha value is -2.30. The smallest absolute Gasteiger partial charge is 0.277 e. The molecular weight excluding hydrogens is 347 g/mol. The van der Waals surface area contributed by atoms with Crippen LogP contribution in [0.25, 0.3) is 11.5 Å². The quantitative estimate of drug-likeness (QED) is 0.669. The Labute approximate surface area is 149 Å². The predicted octanol–water partition coefficient (Wildman–Crippen LogP) is 5.52. The molecular formula is C18H14Cl2N2O2. The van der Waals surface area contributed by atoms with Gasteiger partial charge in [0.15, 0.2) is 5.69 Å². The molecule has 1 N–H and O–H groups in total. The minimum atomic E-state index is -0.331. The fourth-order valence-corrected chi connectivity index (χ4v) is 2.63. The fraction of sp³-hybridized carbons (Fsp3) is 0.111. The van der Waals surface area contributed by atoms with Crippen LogP contribution in [0.4, 0.5) is 5.69 Å². The highest BCUT2D eigenvalue weighted by Crippen LogP contribution is 2.28. The standard InChI is InChI=1S/C18H14Cl2N2O2/c1-10-4-3-5-11(2)16(10)22-17(23)15-9-24-18(21-15)12-6-7-13(19)14(20)8-12/h3-9H,1-2H3,(H,22,23). The van der Waals surface area contributed by atoms with Gasteiger partial charge in [0.25, 0.3) is 5.91 Å². The van der Waals surface area contributed by atoms with Gasteiger partial charge < -0.3 is 9.73 Å². The maximum Gasteiger partial charge on any atom is 0.277 e. The zero-order valence-corrected chi connectivity index (χ0v) is 14.6. The van der Waals surface area contributed by atoms with E-state index in [1.165, 1.54) is 6.26 Å². The lowest BCUT2D eigenvalue weighted by Crippen LogP contribution is -2.14. The molecule has 6 heteroatoms. The molecule has 24 heavy (non-hydrogen) atoms. The van der Waals surface area contributed by atoms with Crippen molar-refractivity contribution in [1.29, 1.82) is 0 Å². The van der Waals surface area contributed by atoms with Gasteiger partial charge in [0, 0.05) is 11.3 Å². The molecule has 0 radical (unpaired) electrons. The van der Waals surface area contributed by atoms with Crippen molar-refractivity contribution in [2.24, 2.45) is 0 Å². The molecule has 1 heterocycles. The molecule has 3 aromatic rings. The molecule has 0 bridgehead atoms. The monoisotopic (exact) mass is 360 g/mol. The number of aryl methyl sites for hydroxylation is 2. The third kappa shape index (κ3) is 3.30. The molecule has 0 aliphatic rings. The molecule has 0 unspecified atom stereocenters. The van der Waals surface area contributed by atoms with Crippen molar-refractivity contribution in [3.63, 3.8) is 0 Å². The van der Waals surface area contributed by atoms with Gasteiger partial charge in [0.1, 0.15) is 6.26 Å². The van der Waals surface area contributed by atoms with Crippen molar-refractivity contribution in [3.05, 3.63) is 69.5 Å². The summed E-state index contributed by atoms with van der Waals surface area (Å²) < 4.78 is 5.39. The predicted molar refractivity (Wildman–Crippen MR) is 95.8 cm³/mol. The largest absolute Gasteiger partial charge is 0.444 e. The van der Waals surface area contributed by atoms with E-state index in [9.17, 15) is 4.79 Å². The molecule has 0 spiro atoms. The Morgan fingerprint density at radius 1 is 1.08 bits per heavy atom. The number of hydrogen-bond acceptors (Lipinski definition) is 3. The van der Waals surface area contributed by atoms with Crippen molar-refractivity contribution in [3.8, 4) is 11.5 Å². The molecule has 3 rings (SSSR count). The number of oxazole rings is 1. The maximum absolute atomic E-state index is 12.4. The van der Waals surface area contributed by atoms with Crippen LogP contribution in [0.3, 0.4) is 0 Å². The van der Waals surface area contributed by atoms with Crippen LogP contribution in [0.5, 0.6) is 0 Å². The van der Waals surface area contributed by atoms with E-state index < -0.39 is 0 Å². The summed E-state index contributed by atoms with van der Waals surface area (Å²) in [6.07, 6.45) is 1.32. The highest BCUT2D eigenvalue weighted by molar-refractivity contribution is 6.42. The first kappa shape index (κ1) is 16.6. The van der Waals surface area contributed by atoms with Gasteiger partial charge in [-0.3, -0.25) is 4.79 Å². The number of aromatic nitrogens is 1. The highest BCUT2D eigenvalue weighted by atomic mass is 35.5. The molecule has 4 nitrogen and oxygen atoms in total. The lowest BCUT2D eigenvalue weighted by atomic mass is 10.1. The molecule has 1 aromatic heterocycles. The zero-order valence-electron chi connectivity index (χ0n) is 13.1. The summed E-state index contributed by atoms with van der Waals surface area (Å²) in [5, 5.41) is 3.71. The molecule has 0 aliphatic heterocycles. The van der Waals surface area contributed by atoms with Crippen LogP contribution in [-0.4, -0.2) is 10.9 Å². The minimum Gasteiger partial charge on any atom is -0.444 e. The Balaban J connectivity index is 1.85. The number of nitrogens with zero attached hydrogens (tertiary/aromatic N) is 1. The molecule has 0 saturated heterocycles. The summed E-state index contributed by atoms with van der Waals surface area (Å²) in [5.41, 5.74) is 3.59. The number of carbonyl (C=O) groups excluding carboxylic acids is 1. The number of carbonyl (C=O) groups is 1. The molecule has 0 fully saturated rings. The van der Waals surface area contributed by atoms with Crippen LogP contribution in [0.1, 0.15) is 21.6 Å². The number of anilines is 1. The number of halogens is 2. The summed E-state index contributed by atoms with van der Waals surface area (Å²) in [5.74, 6) is -0.0253. The topological polar surface area (TPSA) is 55.1 Å². The normalized spacial score (nSPS) is 10.7. The molecule has 2 aromatic carbocycles. The van der Waals surface area contributed by atoms with Crippen LogP contribution in [0.15, 0.2) is 47.1 Å². The Kier molecular flexibility index (Phi) is 4.60. The lowest BCUT2D eigenvalue weighted by molar-refractivity contribution is 0.102. The third-order valence-corrected chi connectivity index (χ3v) is 4.36. The molecule has 1 amide bonds. The average Bonchev–Trinajstić information content (AvgIpc) is 3.03. The van der Waals surface area contributed by atoms with Gasteiger partial charge in [-0.25, -0.2) is 4.98 Å². The first-order valence-electron chi connectivity index (χ1n) is 7.24. The fourth-order valence-electron chi connectivity index (χ4n) is 2.33. The van der Waals surface area contributed by atoms with Crippen molar-refractivity contribution in [1.82, 2.24) is 4.98 Å². The minimum absolute atomic E-state index is 0.193. The van der Waals surface area contributed by atoms with Crippen molar-refractivity contribution in [2.75, 3.05) is 5.32 Å². The van der Waals surface area contributed by atoms with Gasteiger partial charge in [-0.15, -0.1) is 0 Å². The third-order valence-electron chi connectivity index (χ3n) is 3.62. The van der Waals surface area contributed by atoms with Gasteiger partial charge in [-0.2, -0.15) is 0 Å². The van der Waals surface area contributed by atoms with E-state index in [0.717, 1.165) is 16.8 Å². The van der Waals surface area contributed by atoms with Gasteiger partial charge in [-0.1, -0.05) is 41.4 Å². The Morgan fingerprint density at radius 3 is 2.46 bits per heavy atom. The van der Waals surface area contributed by atoms with Crippen LogP contribution >= 0.6 is 23.2 Å². The van der Waals surface area contributed by atoms with E-state index in [1.54, 1.807) is 18.2 Å². The second-order valence-electron chi connectivity index (χ2n) is 5.39. The summed E-state index contributed by atoms with van der Waals surface area (Å²) in [6.45, 7) is 3.87. The summed E-state index contributed by atoms with van der Waals surface area (Å²) in [4.78, 5) is 16.6. The van der Waals surface area contributed by atoms with E-state index in [2.05, 4.69) is 10.3 Å². The maximum atomic E-state index is 12.4. The van der Waals surface area contributed by atoms with E-state index in [-0.39, 0.29) is 11.6 Å². The Morgan fingerprint density at radius 2 is 1.79 bits per heavy atom. The molecule has 0 atom stereocenters. The number of para-hydroxylation sites is 1. The van der Waals surface area contributed by atoms with Gasteiger partial charge in [-0.05, 0) is 43.2 Å². The second kappa shape index (κ2) is 6.67. The first-order valence-corrected chi connectivity index (χ1v) is 8.00. The van der Waals surface area contributed by atoms with E-state index in [1.807, 2.05) is 32.0 Å². The second-order valence-corrected chi connectivity index (χ2v) is 6.20. The van der Waals surface area contributed by atoms with Crippen molar-refractivity contribution >= 4 is 34.8 Å². The summed E-state index contributed by atoms with van der Waals surface area (Å²) in [6, 6.07) is 10.8. The Bertz CT molecular complexity index is 899. The van der Waals surface area contributed by atoms with Crippen LogP contribution in [-0.2, 0) is 0 Å². The van der Waals surface area contributed by atoms with Crippen molar-refractivity contribution in [2.45, 2.75) is 13.8 Å². The lowest BCUT2D eigenvalue weighted by Gasteiger charge is -2.09. The van der Waals surface area contributed by atoms with Gasteiger partial charge >= 0.3 is 0 Å². The van der Waals surface area contributed by atoms with Crippen LogP contribution < -0.4 is 5.32 Å². The van der Waals surface area contributed by atoms with Gasteiger partial charge in [0.05, 0.1) is 10.0 Å². The number of hydrogen-bond donors (Lipinski definition) is 1. The summed E-state index contributed by atoms with van der Waals surface area (Å²) >= 11 is 11.9. The summed E-state index contributed by atoms with van der Waals surface area (Å²) in [7, 11) is 0. The van der Waals surface area contributed by atoms with E-state index >= 15 is 0 Å². The van der Waals surface area contributed by atoms with E-state index in [4.69, 9.17) is 27.6 Å². The molecule has 0 saturated carbocycles. The highest BCUT2D eigenvalue weighted by Gasteiger charge is 2.16. The van der Waals surface area contributed by atoms with Gasteiger partial charge in [0.2, 0.25) is 5.89 Å². The van der Waals surface area contributed by atoms with Crippen molar-refractivity contribution < 1.29 is 9.21 Å². The zero-order chi connectivity index (χ0) is 17.3. The first-order chi connectivity index (χ1) is 11.5. The number of amides is 1.